The van der Waals surface area contributed by atoms with Crippen LogP contribution in [-0.2, 0) is 16.1 Å². The van der Waals surface area contributed by atoms with Crippen LogP contribution >= 0.6 is 0 Å². The lowest BCUT2D eigenvalue weighted by atomic mass is 10.1. The molecule has 1 atom stereocenters. The summed E-state index contributed by atoms with van der Waals surface area (Å²) in [6.07, 6.45) is 0.0801. The highest BCUT2D eigenvalue weighted by molar-refractivity contribution is 5.96. The fourth-order valence-corrected chi connectivity index (χ4v) is 4.09. The van der Waals surface area contributed by atoms with Gasteiger partial charge < -0.3 is 20.7 Å². The fourth-order valence-electron chi connectivity index (χ4n) is 4.09. The number of carbonyl (C=O) groups is 2. The highest BCUT2D eigenvalue weighted by Crippen LogP contribution is 2.25. The van der Waals surface area contributed by atoms with Crippen molar-refractivity contribution < 1.29 is 14.3 Å². The topological polar surface area (TPSA) is 140 Å². The zero-order chi connectivity index (χ0) is 25.3. The van der Waals surface area contributed by atoms with Gasteiger partial charge in [-0.15, -0.1) is 0 Å². The monoisotopic (exact) mass is 479 g/mol. The standard InChI is InChI=1S/C25H29N5O5/c1-25(2,3)35-24(34)29-11-10-16(14-29)21(31)27-19-12-15(8-9-18(19)26)13-30-20-7-5-4-6-17(20)22(32)28-23(30)33/h4-9,12,16H,10-11,13-14,26H2,1-3H3,(H,27,31)(H,28,32,33)/t16-/m0/s1. The molecule has 10 nitrogen and oxygen atoms in total. The average Bonchev–Trinajstić information content (AvgIpc) is 3.28. The Labute approximate surface area is 201 Å². The predicted molar refractivity (Wildman–Crippen MR) is 133 cm³/mol. The summed E-state index contributed by atoms with van der Waals surface area (Å²) in [7, 11) is 0. The second-order valence-corrected chi connectivity index (χ2v) is 9.69. The minimum atomic E-state index is -0.606. The number of nitrogen functional groups attached to an aromatic ring is 1. The summed E-state index contributed by atoms with van der Waals surface area (Å²) in [5.41, 5.74) is 6.56. The summed E-state index contributed by atoms with van der Waals surface area (Å²) < 4.78 is 6.85. The van der Waals surface area contributed by atoms with Gasteiger partial charge in [0.2, 0.25) is 5.91 Å². The molecule has 0 saturated carbocycles. The molecule has 2 heterocycles. The summed E-state index contributed by atoms with van der Waals surface area (Å²) in [5.74, 6) is -0.636. The van der Waals surface area contributed by atoms with Gasteiger partial charge >= 0.3 is 11.8 Å². The molecule has 4 N–H and O–H groups in total. The highest BCUT2D eigenvalue weighted by Gasteiger charge is 2.33. The second-order valence-electron chi connectivity index (χ2n) is 9.69. The van der Waals surface area contributed by atoms with Crippen molar-refractivity contribution in [2.75, 3.05) is 24.1 Å². The molecule has 184 valence electrons. The molecule has 4 rings (SSSR count). The first-order valence-corrected chi connectivity index (χ1v) is 11.4. The van der Waals surface area contributed by atoms with E-state index < -0.39 is 28.9 Å². The smallest absolute Gasteiger partial charge is 0.410 e. The first kappa shape index (κ1) is 24.1. The number of para-hydroxylation sites is 1. The molecule has 2 aromatic carbocycles. The fraction of sp³-hybridized carbons (Fsp3) is 0.360. The number of fused-ring (bicyclic) bond motifs is 1. The molecular formula is C25H29N5O5. The van der Waals surface area contributed by atoms with E-state index in [1.165, 1.54) is 9.47 Å². The lowest BCUT2D eigenvalue weighted by Gasteiger charge is -2.24. The first-order valence-electron chi connectivity index (χ1n) is 11.4. The van der Waals surface area contributed by atoms with Gasteiger partial charge in [0, 0.05) is 13.1 Å². The number of benzene rings is 2. The molecule has 0 spiro atoms. The number of hydrogen-bond donors (Lipinski definition) is 3. The molecule has 1 aliphatic heterocycles. The van der Waals surface area contributed by atoms with Crippen molar-refractivity contribution in [3.63, 3.8) is 0 Å². The van der Waals surface area contributed by atoms with Crippen molar-refractivity contribution in [2.24, 2.45) is 5.92 Å². The van der Waals surface area contributed by atoms with E-state index >= 15 is 0 Å². The number of anilines is 2. The van der Waals surface area contributed by atoms with Crippen molar-refractivity contribution in [1.82, 2.24) is 14.5 Å². The Morgan fingerprint density at radius 2 is 1.91 bits per heavy atom. The number of hydrogen-bond acceptors (Lipinski definition) is 6. The number of nitrogens with one attached hydrogen (secondary N) is 2. The van der Waals surface area contributed by atoms with Gasteiger partial charge in [-0.25, -0.2) is 9.59 Å². The van der Waals surface area contributed by atoms with Crippen LogP contribution in [-0.4, -0.2) is 45.1 Å². The van der Waals surface area contributed by atoms with Crippen LogP contribution in [0.3, 0.4) is 0 Å². The van der Waals surface area contributed by atoms with Crippen molar-refractivity contribution >= 4 is 34.3 Å². The van der Waals surface area contributed by atoms with Crippen LogP contribution in [0.1, 0.15) is 32.8 Å². The van der Waals surface area contributed by atoms with Crippen LogP contribution in [0.25, 0.3) is 10.9 Å². The van der Waals surface area contributed by atoms with Gasteiger partial charge in [-0.05, 0) is 57.0 Å². The Morgan fingerprint density at radius 1 is 1.17 bits per heavy atom. The van der Waals surface area contributed by atoms with E-state index in [9.17, 15) is 19.2 Å². The number of nitrogens with two attached hydrogens (primary N) is 1. The van der Waals surface area contributed by atoms with Crippen molar-refractivity contribution in [3.8, 4) is 0 Å². The number of amides is 2. The number of H-pyrrole nitrogens is 1. The highest BCUT2D eigenvalue weighted by atomic mass is 16.6. The largest absolute Gasteiger partial charge is 0.444 e. The summed E-state index contributed by atoms with van der Waals surface area (Å²) in [6.45, 7) is 6.26. The summed E-state index contributed by atoms with van der Waals surface area (Å²) in [5, 5.41) is 3.27. The molecule has 10 heteroatoms. The quantitative estimate of drug-likeness (QED) is 0.491. The Balaban J connectivity index is 1.50. The predicted octanol–water partition coefficient (Wildman–Crippen LogP) is 2.52. The van der Waals surface area contributed by atoms with E-state index in [1.807, 2.05) is 0 Å². The van der Waals surface area contributed by atoms with Gasteiger partial charge in [-0.3, -0.25) is 19.1 Å². The third kappa shape index (κ3) is 5.37. The minimum absolute atomic E-state index is 0.176. The zero-order valence-corrected chi connectivity index (χ0v) is 20.0. The maximum atomic E-state index is 12.9. The maximum Gasteiger partial charge on any atom is 0.410 e. The molecule has 1 aromatic heterocycles. The summed E-state index contributed by atoms with van der Waals surface area (Å²) in [4.78, 5) is 53.7. The van der Waals surface area contributed by atoms with E-state index in [0.717, 1.165) is 5.56 Å². The Bertz CT molecular complexity index is 1400. The molecule has 3 aromatic rings. The van der Waals surface area contributed by atoms with Gasteiger partial charge in [0.25, 0.3) is 5.56 Å². The van der Waals surface area contributed by atoms with Gasteiger partial charge in [0.05, 0.1) is 34.7 Å². The lowest BCUT2D eigenvalue weighted by molar-refractivity contribution is -0.119. The van der Waals surface area contributed by atoms with Crippen LogP contribution < -0.4 is 22.3 Å². The number of aromatic nitrogens is 2. The number of carbonyl (C=O) groups excluding carboxylic acids is 2. The molecule has 0 bridgehead atoms. The van der Waals surface area contributed by atoms with Crippen molar-refractivity contribution in [2.45, 2.75) is 39.3 Å². The van der Waals surface area contributed by atoms with Crippen molar-refractivity contribution in [1.29, 1.82) is 0 Å². The second kappa shape index (κ2) is 9.28. The molecule has 35 heavy (non-hydrogen) atoms. The zero-order valence-electron chi connectivity index (χ0n) is 20.0. The molecule has 1 aliphatic rings. The van der Waals surface area contributed by atoms with Crippen LogP contribution in [0.15, 0.2) is 52.1 Å². The SMILES string of the molecule is CC(C)(C)OC(=O)N1CC[C@H](C(=O)Nc2cc(Cn3c(=O)[nH]c(=O)c4ccccc43)ccc2N)C1. The van der Waals surface area contributed by atoms with E-state index in [1.54, 1.807) is 63.2 Å². The van der Waals surface area contributed by atoms with Crippen LogP contribution in [0, 0.1) is 5.92 Å². The van der Waals surface area contributed by atoms with Gasteiger partial charge in [-0.1, -0.05) is 18.2 Å². The van der Waals surface area contributed by atoms with Gasteiger partial charge in [-0.2, -0.15) is 0 Å². The molecule has 0 aliphatic carbocycles. The first-order chi connectivity index (χ1) is 16.5. The van der Waals surface area contributed by atoms with E-state index in [2.05, 4.69) is 10.3 Å². The molecule has 1 fully saturated rings. The van der Waals surface area contributed by atoms with Crippen LogP contribution in [0.2, 0.25) is 0 Å². The number of nitrogens with zero attached hydrogens (tertiary/aromatic N) is 2. The Hall–Kier alpha value is -4.08. The molecule has 1 saturated heterocycles. The third-order valence-corrected chi connectivity index (χ3v) is 5.83. The van der Waals surface area contributed by atoms with Gasteiger partial charge in [0.15, 0.2) is 0 Å². The minimum Gasteiger partial charge on any atom is -0.444 e. The number of likely N-dealkylation sites (tertiary alicyclic amines) is 1. The molecule has 0 unspecified atom stereocenters. The summed E-state index contributed by atoms with van der Waals surface area (Å²) >= 11 is 0. The van der Waals surface area contributed by atoms with Crippen LogP contribution in [0.5, 0.6) is 0 Å². The van der Waals surface area contributed by atoms with E-state index in [0.29, 0.717) is 35.2 Å². The molecule has 2 amide bonds. The number of ether oxygens (including phenoxy) is 1. The molecular weight excluding hydrogens is 450 g/mol. The lowest BCUT2D eigenvalue weighted by Crippen LogP contribution is -2.36. The van der Waals surface area contributed by atoms with E-state index in [-0.39, 0.29) is 19.0 Å². The number of rotatable bonds is 4. The number of aromatic amines is 1. The van der Waals surface area contributed by atoms with Gasteiger partial charge in [0.1, 0.15) is 5.60 Å². The molecule has 0 radical (unpaired) electrons. The average molecular weight is 480 g/mol. The summed E-state index contributed by atoms with van der Waals surface area (Å²) in [6, 6.07) is 12.0. The Morgan fingerprint density at radius 3 is 2.66 bits per heavy atom. The maximum absolute atomic E-state index is 12.9. The third-order valence-electron chi connectivity index (χ3n) is 5.83. The van der Waals surface area contributed by atoms with Crippen molar-refractivity contribution in [3.05, 3.63) is 68.9 Å². The normalized spacial score (nSPS) is 15.9. The van der Waals surface area contributed by atoms with E-state index in [4.69, 9.17) is 10.5 Å². The Kier molecular flexibility index (Phi) is 6.38. The van der Waals surface area contributed by atoms with Crippen LogP contribution in [0.4, 0.5) is 16.2 Å².